The lowest BCUT2D eigenvalue weighted by Gasteiger charge is -2.15. The van der Waals surface area contributed by atoms with E-state index in [1.165, 1.54) is 11.8 Å². The molecule has 0 radical (unpaired) electrons. The second-order valence-electron chi connectivity index (χ2n) is 6.56. The molecule has 0 aromatic heterocycles. The molecule has 0 fully saturated rings. The van der Waals surface area contributed by atoms with Crippen LogP contribution in [0.15, 0.2) is 77.7 Å². The van der Waals surface area contributed by atoms with Crippen LogP contribution in [0.4, 0.5) is 17.1 Å². The van der Waals surface area contributed by atoms with Crippen molar-refractivity contribution >= 4 is 63.7 Å². The summed E-state index contributed by atoms with van der Waals surface area (Å²) in [5, 5.41) is 9.88. The number of benzene rings is 3. The van der Waals surface area contributed by atoms with Gasteiger partial charge in [-0.25, -0.2) is 0 Å². The van der Waals surface area contributed by atoms with Crippen LogP contribution in [0.25, 0.3) is 0 Å². The molecule has 31 heavy (non-hydrogen) atoms. The molecule has 0 aliphatic heterocycles. The van der Waals surface area contributed by atoms with Crippen LogP contribution in [-0.2, 0) is 4.79 Å². The first-order valence-electron chi connectivity index (χ1n) is 9.49. The fraction of sp³-hybridized carbons (Fsp3) is 0.130. The number of thiocarbonyl (C=S) groups is 1. The summed E-state index contributed by atoms with van der Waals surface area (Å²) < 4.78 is 5.28. The van der Waals surface area contributed by atoms with Gasteiger partial charge in [-0.15, -0.1) is 11.8 Å². The van der Waals surface area contributed by atoms with E-state index in [0.29, 0.717) is 21.6 Å². The van der Waals surface area contributed by atoms with E-state index in [1.807, 2.05) is 61.5 Å². The minimum atomic E-state index is -0.316. The maximum absolute atomic E-state index is 12.6. The van der Waals surface area contributed by atoms with Gasteiger partial charge in [0.1, 0.15) is 5.75 Å². The highest BCUT2D eigenvalue weighted by Crippen LogP contribution is 2.30. The van der Waals surface area contributed by atoms with Crippen LogP contribution in [0.1, 0.15) is 6.92 Å². The van der Waals surface area contributed by atoms with E-state index < -0.39 is 0 Å². The van der Waals surface area contributed by atoms with Crippen LogP contribution >= 0.6 is 35.6 Å². The molecule has 1 atom stereocenters. The number of thioether (sulfide) groups is 1. The number of rotatable bonds is 7. The number of ether oxygens (including phenoxy) is 1. The Balaban J connectivity index is 1.54. The predicted octanol–water partition coefficient (Wildman–Crippen LogP) is 6.28. The van der Waals surface area contributed by atoms with E-state index in [1.54, 1.807) is 25.3 Å². The second-order valence-corrected chi connectivity index (χ2v) is 8.82. The fourth-order valence-electron chi connectivity index (χ4n) is 2.70. The van der Waals surface area contributed by atoms with Crippen molar-refractivity contribution in [2.75, 3.05) is 23.1 Å². The molecular formula is C23H22ClN3O2S2. The third-order valence-electron chi connectivity index (χ3n) is 4.25. The van der Waals surface area contributed by atoms with Gasteiger partial charge in [-0.1, -0.05) is 29.8 Å². The van der Waals surface area contributed by atoms with E-state index in [4.69, 9.17) is 28.6 Å². The van der Waals surface area contributed by atoms with Gasteiger partial charge in [0.15, 0.2) is 5.11 Å². The molecule has 0 aliphatic rings. The number of amides is 1. The van der Waals surface area contributed by atoms with Crippen LogP contribution in [0.5, 0.6) is 5.75 Å². The van der Waals surface area contributed by atoms with Crippen LogP contribution in [0.3, 0.4) is 0 Å². The van der Waals surface area contributed by atoms with Crippen LogP contribution in [-0.4, -0.2) is 23.4 Å². The number of para-hydroxylation sites is 1. The zero-order chi connectivity index (χ0) is 22.2. The number of anilines is 3. The largest absolute Gasteiger partial charge is 0.495 e. The Morgan fingerprint density at radius 3 is 2.26 bits per heavy atom. The molecule has 8 heteroatoms. The molecule has 1 amide bonds. The minimum absolute atomic E-state index is 0.138. The quantitative estimate of drug-likeness (QED) is 0.278. The topological polar surface area (TPSA) is 62.4 Å². The van der Waals surface area contributed by atoms with Gasteiger partial charge in [0, 0.05) is 21.3 Å². The molecule has 0 saturated carbocycles. The van der Waals surface area contributed by atoms with Crippen molar-refractivity contribution in [2.45, 2.75) is 17.1 Å². The van der Waals surface area contributed by atoms with Gasteiger partial charge in [-0.3, -0.25) is 4.79 Å². The van der Waals surface area contributed by atoms with E-state index in [0.717, 1.165) is 16.3 Å². The summed E-state index contributed by atoms with van der Waals surface area (Å²) in [4.78, 5) is 13.6. The number of carbonyl (C=O) groups excluding carboxylic acids is 1. The van der Waals surface area contributed by atoms with Crippen LogP contribution < -0.4 is 20.7 Å². The van der Waals surface area contributed by atoms with Crippen molar-refractivity contribution in [1.29, 1.82) is 0 Å². The monoisotopic (exact) mass is 471 g/mol. The molecule has 0 heterocycles. The number of nitrogens with one attached hydrogen (secondary N) is 3. The second kappa shape index (κ2) is 11.0. The summed E-state index contributed by atoms with van der Waals surface area (Å²) in [5.74, 6) is 0.423. The molecule has 160 valence electrons. The summed E-state index contributed by atoms with van der Waals surface area (Å²) in [6.45, 7) is 1.85. The SMILES string of the molecule is COc1ccc(Cl)cc1NC(=O)C(C)Sc1ccc(NC(=S)Nc2ccccc2)cc1. The summed E-state index contributed by atoms with van der Waals surface area (Å²) >= 11 is 12.8. The highest BCUT2D eigenvalue weighted by Gasteiger charge is 2.16. The Labute approximate surface area is 196 Å². The lowest BCUT2D eigenvalue weighted by atomic mass is 10.3. The Morgan fingerprint density at radius 1 is 0.968 bits per heavy atom. The zero-order valence-corrected chi connectivity index (χ0v) is 19.4. The van der Waals surface area contributed by atoms with Gasteiger partial charge in [0.05, 0.1) is 18.0 Å². The molecule has 0 bridgehead atoms. The molecule has 0 saturated heterocycles. The molecule has 0 spiro atoms. The minimum Gasteiger partial charge on any atom is -0.495 e. The fourth-order valence-corrected chi connectivity index (χ4v) is 3.98. The van der Waals surface area contributed by atoms with Crippen molar-refractivity contribution in [1.82, 2.24) is 0 Å². The van der Waals surface area contributed by atoms with Crippen molar-refractivity contribution < 1.29 is 9.53 Å². The van der Waals surface area contributed by atoms with Crippen molar-refractivity contribution in [3.8, 4) is 5.75 Å². The third kappa shape index (κ3) is 6.89. The standard InChI is InChI=1S/C23H22ClN3O2S2/c1-15(22(28)27-20-14-16(24)8-13-21(20)29-2)31-19-11-9-18(10-12-19)26-23(30)25-17-6-4-3-5-7-17/h3-15H,1-2H3,(H,27,28)(H2,25,26,30). The van der Waals surface area contributed by atoms with Crippen LogP contribution in [0.2, 0.25) is 5.02 Å². The number of hydrogen-bond donors (Lipinski definition) is 3. The van der Waals surface area contributed by atoms with Gasteiger partial charge in [0.2, 0.25) is 5.91 Å². The number of methoxy groups -OCH3 is 1. The van der Waals surface area contributed by atoms with Crippen LogP contribution in [0, 0.1) is 0 Å². The lowest BCUT2D eigenvalue weighted by molar-refractivity contribution is -0.115. The number of hydrogen-bond acceptors (Lipinski definition) is 4. The predicted molar refractivity (Wildman–Crippen MR) is 135 cm³/mol. The maximum Gasteiger partial charge on any atom is 0.237 e. The smallest absolute Gasteiger partial charge is 0.237 e. The Hall–Kier alpha value is -2.74. The van der Waals surface area contributed by atoms with Crippen molar-refractivity contribution in [3.05, 3.63) is 77.8 Å². The molecule has 3 rings (SSSR count). The summed E-state index contributed by atoms with van der Waals surface area (Å²) in [5.41, 5.74) is 2.33. The van der Waals surface area contributed by atoms with E-state index in [-0.39, 0.29) is 11.2 Å². The maximum atomic E-state index is 12.6. The number of halogens is 1. The Morgan fingerprint density at radius 2 is 1.61 bits per heavy atom. The number of carbonyl (C=O) groups is 1. The Kier molecular flexibility index (Phi) is 8.17. The average Bonchev–Trinajstić information content (AvgIpc) is 2.76. The molecule has 1 unspecified atom stereocenters. The van der Waals surface area contributed by atoms with E-state index in [9.17, 15) is 4.79 Å². The summed E-state index contributed by atoms with van der Waals surface area (Å²) in [6.07, 6.45) is 0. The van der Waals surface area contributed by atoms with Crippen molar-refractivity contribution in [3.63, 3.8) is 0 Å². The van der Waals surface area contributed by atoms with Gasteiger partial charge >= 0.3 is 0 Å². The van der Waals surface area contributed by atoms with Gasteiger partial charge in [-0.05, 0) is 73.7 Å². The normalized spacial score (nSPS) is 11.3. The van der Waals surface area contributed by atoms with E-state index in [2.05, 4.69) is 16.0 Å². The summed E-state index contributed by atoms with van der Waals surface area (Å²) in [7, 11) is 1.55. The van der Waals surface area contributed by atoms with Crippen molar-refractivity contribution in [2.24, 2.45) is 0 Å². The van der Waals surface area contributed by atoms with Gasteiger partial charge in [0.25, 0.3) is 0 Å². The zero-order valence-electron chi connectivity index (χ0n) is 17.0. The first kappa shape index (κ1) is 22.9. The molecule has 0 aliphatic carbocycles. The third-order valence-corrected chi connectivity index (χ3v) is 5.80. The summed E-state index contributed by atoms with van der Waals surface area (Å²) in [6, 6.07) is 22.6. The van der Waals surface area contributed by atoms with Gasteiger partial charge in [-0.2, -0.15) is 0 Å². The molecule has 5 nitrogen and oxygen atoms in total. The highest BCUT2D eigenvalue weighted by molar-refractivity contribution is 8.00. The highest BCUT2D eigenvalue weighted by atomic mass is 35.5. The molecule has 3 aromatic rings. The molecule has 3 N–H and O–H groups in total. The first-order valence-corrected chi connectivity index (χ1v) is 11.2. The first-order chi connectivity index (χ1) is 14.9. The lowest BCUT2D eigenvalue weighted by Crippen LogP contribution is -2.22. The average molecular weight is 472 g/mol. The molecular weight excluding hydrogens is 450 g/mol. The Bertz CT molecular complexity index is 1050. The van der Waals surface area contributed by atoms with Gasteiger partial charge < -0.3 is 20.7 Å². The molecule has 3 aromatic carbocycles. The van der Waals surface area contributed by atoms with E-state index >= 15 is 0 Å².